The van der Waals surface area contributed by atoms with E-state index in [2.05, 4.69) is 15.0 Å². The topological polar surface area (TPSA) is 85.2 Å². The molecule has 0 bridgehead atoms. The standard InChI is InChI=1S/8C6H6.C5H8O2.2C5H8O.C4H8.C2H6N2.8C2H6/c8*1-2-4-6-5-3-1;1-3-4-5(6)7-2;2*1-3-4-5(2)6;2*1-3-4-2;8*1-2/h8*1-6H;3-4H,1-2H3;2*3-4H,1-2H3;3-4H,1-2H3;1-2H3;8*1-2H3. The predicted octanol–water partition coefficient (Wildman–Crippen LogP) is 27.0. The van der Waals surface area contributed by atoms with E-state index in [1.165, 1.54) is 39.2 Å². The van der Waals surface area contributed by atoms with Crippen LogP contribution in [0.5, 0.6) is 0 Å². The molecule has 6 heteroatoms. The summed E-state index contributed by atoms with van der Waals surface area (Å²) in [6, 6.07) is 96.0. The van der Waals surface area contributed by atoms with Crippen LogP contribution in [0, 0.1) is 0 Å². The Kier molecular flexibility index (Phi) is 185. The van der Waals surface area contributed by atoms with Crippen LogP contribution >= 0.6 is 0 Å². The lowest BCUT2D eigenvalue weighted by Crippen LogP contribution is -1.92. The number of azo groups is 1. The number of rotatable bonds is 3. The molecule has 0 heterocycles. The van der Waals surface area contributed by atoms with Crippen molar-refractivity contribution in [1.29, 1.82) is 0 Å². The Hall–Kier alpha value is -8.87. The first-order valence-corrected chi connectivity index (χ1v) is 32.4. The molecule has 0 amide bonds. The minimum atomic E-state index is -0.303. The molecule has 0 aromatic heterocycles. The molecule has 0 aliphatic heterocycles. The molecule has 0 spiro atoms. The minimum absolute atomic E-state index is 0.109. The van der Waals surface area contributed by atoms with Crippen LogP contribution < -0.4 is 0 Å². The molecule has 0 saturated carbocycles. The normalized spacial score (nSPS) is 7.58. The van der Waals surface area contributed by atoms with E-state index in [1.54, 1.807) is 39.2 Å². The summed E-state index contributed by atoms with van der Waals surface area (Å²) in [7, 11) is 4.63. The van der Waals surface area contributed by atoms with Gasteiger partial charge in [-0.2, -0.15) is 10.2 Å². The van der Waals surface area contributed by atoms with Crippen molar-refractivity contribution >= 4 is 17.5 Å². The van der Waals surface area contributed by atoms with Gasteiger partial charge in [0, 0.05) is 20.2 Å². The van der Waals surface area contributed by atoms with Gasteiger partial charge >= 0.3 is 5.97 Å². The number of nitrogens with zero attached hydrogens (tertiary/aromatic N) is 2. The third kappa shape index (κ3) is 187. The average Bonchev–Trinajstić information content (AvgIpc) is 3.67. The van der Waals surface area contributed by atoms with Crippen molar-refractivity contribution in [3.63, 3.8) is 0 Å². The van der Waals surface area contributed by atoms with Crippen LogP contribution in [0.3, 0.4) is 0 Å². The fourth-order valence-corrected chi connectivity index (χ4v) is 3.75. The summed E-state index contributed by atoms with van der Waals surface area (Å²) in [6.07, 6.45) is 13.5. The Balaban J connectivity index is -0.0000000647. The molecule has 508 valence electrons. The molecule has 0 fully saturated rings. The number of methoxy groups -OCH3 is 1. The van der Waals surface area contributed by atoms with E-state index in [0.717, 1.165) is 0 Å². The number of benzene rings is 8. The van der Waals surface area contributed by atoms with Crippen molar-refractivity contribution in [3.05, 3.63) is 340 Å². The lowest BCUT2D eigenvalue weighted by atomic mass is 10.4. The van der Waals surface area contributed by atoms with E-state index in [-0.39, 0.29) is 17.5 Å². The van der Waals surface area contributed by atoms with Crippen molar-refractivity contribution in [2.75, 3.05) is 21.2 Å². The molecule has 0 unspecified atom stereocenters. The quantitative estimate of drug-likeness (QED) is 0.0763. The van der Waals surface area contributed by atoms with Crippen molar-refractivity contribution in [3.8, 4) is 0 Å². The maximum Gasteiger partial charge on any atom is 0.330 e. The first kappa shape index (κ1) is 113. The van der Waals surface area contributed by atoms with Crippen LogP contribution in [0.4, 0.5) is 0 Å². The van der Waals surface area contributed by atoms with Gasteiger partial charge in [0.05, 0.1) is 7.11 Å². The van der Waals surface area contributed by atoms with E-state index >= 15 is 0 Å². The van der Waals surface area contributed by atoms with Gasteiger partial charge < -0.3 is 4.74 Å². The number of hydrogen-bond donors (Lipinski definition) is 0. The second kappa shape index (κ2) is 149. The summed E-state index contributed by atoms with van der Waals surface area (Å²) in [5.74, 6) is -0.0856. The Morgan fingerprint density at radius 1 is 0.220 bits per heavy atom. The summed E-state index contributed by atoms with van der Waals surface area (Å²) in [6.45, 7) is 44.5. The zero-order valence-corrected chi connectivity index (χ0v) is 62.4. The Morgan fingerprint density at radius 3 is 0.341 bits per heavy atom. The Bertz CT molecular complexity index is 1680. The monoisotopic (exact) mass is 1250 g/mol. The largest absolute Gasteiger partial charge is 0.466 e. The molecule has 0 saturated heterocycles. The zero-order valence-electron chi connectivity index (χ0n) is 62.4. The molecular formula is C85H134N2O4. The van der Waals surface area contributed by atoms with Gasteiger partial charge in [0.15, 0.2) is 11.6 Å². The molecule has 91 heavy (non-hydrogen) atoms. The SMILES string of the molecule is CC.CC.CC.CC.CC.CC.CC.CC.CC=CC.CC=CC(=O)OC.CC=CC(C)=O.CC=CC(C)=O.CN=NC.c1ccccc1.c1ccccc1.c1ccccc1.c1ccccc1.c1ccccc1.c1ccccc1.c1ccccc1.c1ccccc1. The van der Waals surface area contributed by atoms with Crippen molar-refractivity contribution in [2.24, 2.45) is 10.2 Å². The lowest BCUT2D eigenvalue weighted by molar-refractivity contribution is -0.134. The molecule has 0 radical (unpaired) electrons. The number of ketones is 2. The highest BCUT2D eigenvalue weighted by Gasteiger charge is 1.84. The van der Waals surface area contributed by atoms with Crippen LogP contribution in [0.2, 0.25) is 0 Å². The van der Waals surface area contributed by atoms with Gasteiger partial charge in [-0.25, -0.2) is 4.79 Å². The summed E-state index contributed by atoms with van der Waals surface area (Å²) >= 11 is 0. The number of esters is 1. The van der Waals surface area contributed by atoms with Crippen LogP contribution in [-0.2, 0) is 19.1 Å². The zero-order chi connectivity index (χ0) is 72.5. The van der Waals surface area contributed by atoms with Gasteiger partial charge in [0.1, 0.15) is 0 Å². The molecule has 8 aromatic rings. The number of allylic oxidation sites excluding steroid dienone is 7. The number of ether oxygens (including phenoxy) is 1. The van der Waals surface area contributed by atoms with Gasteiger partial charge in [-0.05, 0) is 60.6 Å². The number of hydrogen-bond acceptors (Lipinski definition) is 6. The van der Waals surface area contributed by atoms with E-state index in [0.29, 0.717) is 0 Å². The number of carbonyl (C=O) groups is 3. The van der Waals surface area contributed by atoms with Crippen molar-refractivity contribution in [1.82, 2.24) is 0 Å². The highest BCUT2D eigenvalue weighted by atomic mass is 16.5. The van der Waals surface area contributed by atoms with Gasteiger partial charge in [-0.1, -0.05) is 432 Å². The van der Waals surface area contributed by atoms with E-state index in [9.17, 15) is 14.4 Å². The maximum absolute atomic E-state index is 10.1. The second-order valence-corrected chi connectivity index (χ2v) is 13.5. The summed E-state index contributed by atoms with van der Waals surface area (Å²) in [5, 5.41) is 6.72. The van der Waals surface area contributed by atoms with Crippen LogP contribution in [0.1, 0.15) is 159 Å². The molecule has 0 N–H and O–H groups in total. The molecule has 0 aliphatic carbocycles. The van der Waals surface area contributed by atoms with Gasteiger partial charge in [-0.3, -0.25) is 9.59 Å². The van der Waals surface area contributed by atoms with E-state index in [4.69, 9.17) is 0 Å². The van der Waals surface area contributed by atoms with Crippen molar-refractivity contribution in [2.45, 2.75) is 159 Å². The Morgan fingerprint density at radius 2 is 0.319 bits per heavy atom. The third-order valence-electron chi connectivity index (χ3n) is 7.17. The fraction of sp³-hybridized carbons (Fsp3) is 0.306. The highest BCUT2D eigenvalue weighted by Crippen LogP contribution is 1.85. The molecule has 0 aliphatic rings. The van der Waals surface area contributed by atoms with Crippen LogP contribution in [-0.4, -0.2) is 38.7 Å². The summed E-state index contributed by atoms with van der Waals surface area (Å²) < 4.78 is 4.26. The molecule has 0 atom stereocenters. The summed E-state index contributed by atoms with van der Waals surface area (Å²) in [5.41, 5.74) is 0. The van der Waals surface area contributed by atoms with Crippen LogP contribution in [0.15, 0.2) is 350 Å². The molecular weight excluding hydrogens is 1110 g/mol. The smallest absolute Gasteiger partial charge is 0.330 e. The Labute approximate surface area is 564 Å². The second-order valence-electron chi connectivity index (χ2n) is 13.5. The predicted molar refractivity (Wildman–Crippen MR) is 417 cm³/mol. The van der Waals surface area contributed by atoms with Gasteiger partial charge in [0.25, 0.3) is 0 Å². The van der Waals surface area contributed by atoms with E-state index < -0.39 is 0 Å². The first-order chi connectivity index (χ1) is 44.7. The van der Waals surface area contributed by atoms with Crippen LogP contribution in [0.25, 0.3) is 0 Å². The van der Waals surface area contributed by atoms with E-state index in [1.807, 2.05) is 442 Å². The average molecular weight is 1250 g/mol. The third-order valence-corrected chi connectivity index (χ3v) is 7.17. The molecule has 6 nitrogen and oxygen atoms in total. The van der Waals surface area contributed by atoms with Gasteiger partial charge in [-0.15, -0.1) is 0 Å². The fourth-order valence-electron chi connectivity index (χ4n) is 3.75. The summed E-state index contributed by atoms with van der Waals surface area (Å²) in [4.78, 5) is 30.0. The van der Waals surface area contributed by atoms with Gasteiger partial charge in [0.2, 0.25) is 0 Å². The molecule has 8 rings (SSSR count). The lowest BCUT2D eigenvalue weighted by Gasteiger charge is -1.84. The number of carbonyl (C=O) groups excluding carboxylic acids is 3. The maximum atomic E-state index is 10.1. The highest BCUT2D eigenvalue weighted by molar-refractivity contribution is 5.87. The first-order valence-electron chi connectivity index (χ1n) is 32.4. The van der Waals surface area contributed by atoms with Crippen molar-refractivity contribution < 1.29 is 19.1 Å². The minimum Gasteiger partial charge on any atom is -0.466 e. The molecule has 8 aromatic carbocycles.